The maximum absolute atomic E-state index is 11.5. The van der Waals surface area contributed by atoms with Crippen LogP contribution in [0.15, 0.2) is 18.2 Å². The second-order valence-corrected chi connectivity index (χ2v) is 4.66. The largest absolute Gasteiger partial charge is 0.495 e. The number of carbonyl (C=O) groups is 2. The Labute approximate surface area is 124 Å². The lowest BCUT2D eigenvalue weighted by atomic mass is 10.2. The Morgan fingerprint density at radius 2 is 1.95 bits per heavy atom. The van der Waals surface area contributed by atoms with E-state index >= 15 is 0 Å². The summed E-state index contributed by atoms with van der Waals surface area (Å²) in [5.41, 5.74) is 1.24. The number of rotatable bonds is 5. The van der Waals surface area contributed by atoms with Gasteiger partial charge in [-0.1, -0.05) is 0 Å². The molecule has 0 radical (unpaired) electrons. The number of hydrogen-bond donors (Lipinski definition) is 2. The molecule has 0 aromatic heterocycles. The van der Waals surface area contributed by atoms with E-state index < -0.39 is 12.3 Å². The summed E-state index contributed by atoms with van der Waals surface area (Å²) in [6.45, 7) is 3.13. The van der Waals surface area contributed by atoms with Gasteiger partial charge in [0.25, 0.3) is 0 Å². The first kappa shape index (κ1) is 16.6. The molecule has 0 saturated heterocycles. The van der Waals surface area contributed by atoms with Gasteiger partial charge in [-0.15, -0.1) is 0 Å². The van der Waals surface area contributed by atoms with Crippen molar-refractivity contribution in [3.05, 3.63) is 18.2 Å². The third-order valence-corrected chi connectivity index (χ3v) is 2.52. The zero-order valence-electron chi connectivity index (χ0n) is 12.9. The van der Waals surface area contributed by atoms with Crippen molar-refractivity contribution in [3.63, 3.8) is 0 Å². The van der Waals surface area contributed by atoms with E-state index in [0.717, 1.165) is 0 Å². The van der Waals surface area contributed by atoms with Crippen LogP contribution in [0.1, 0.15) is 13.8 Å². The first-order valence-corrected chi connectivity index (χ1v) is 6.43. The number of hydrogen-bond acceptors (Lipinski definition) is 5. The van der Waals surface area contributed by atoms with E-state index in [2.05, 4.69) is 10.6 Å². The van der Waals surface area contributed by atoms with Crippen molar-refractivity contribution in [1.29, 1.82) is 0 Å². The van der Waals surface area contributed by atoms with Crippen LogP contribution in [0, 0.1) is 0 Å². The number of methoxy groups -OCH3 is 1. The highest BCUT2D eigenvalue weighted by Crippen LogP contribution is 2.28. The van der Waals surface area contributed by atoms with Gasteiger partial charge in [0.05, 0.1) is 12.8 Å². The van der Waals surface area contributed by atoms with Crippen LogP contribution in [0.5, 0.6) is 5.75 Å². The first-order valence-electron chi connectivity index (χ1n) is 6.43. The maximum Gasteiger partial charge on any atom is 0.411 e. The standard InChI is InChI=1S/C14H21N3O4/c1-9(18)15-11-6-7-13(20-5)12(8-11)16-10(2)21-14(19)17(3)4/h6-8,10,16H,1-5H3,(H,15,18). The van der Waals surface area contributed by atoms with E-state index in [4.69, 9.17) is 9.47 Å². The van der Waals surface area contributed by atoms with Crippen molar-refractivity contribution in [1.82, 2.24) is 4.90 Å². The monoisotopic (exact) mass is 295 g/mol. The molecule has 2 amide bonds. The van der Waals surface area contributed by atoms with Gasteiger partial charge in [-0.25, -0.2) is 4.79 Å². The van der Waals surface area contributed by atoms with Crippen molar-refractivity contribution in [2.24, 2.45) is 0 Å². The Bertz CT molecular complexity index is 517. The summed E-state index contributed by atoms with van der Waals surface area (Å²) in [4.78, 5) is 23.9. The number of ether oxygens (including phenoxy) is 2. The topological polar surface area (TPSA) is 79.9 Å². The van der Waals surface area contributed by atoms with Crippen LogP contribution < -0.4 is 15.4 Å². The van der Waals surface area contributed by atoms with Gasteiger partial charge in [0.1, 0.15) is 5.75 Å². The second kappa shape index (κ2) is 7.37. The van der Waals surface area contributed by atoms with Crippen molar-refractivity contribution in [2.75, 3.05) is 31.8 Å². The van der Waals surface area contributed by atoms with Gasteiger partial charge in [0.15, 0.2) is 6.23 Å². The van der Waals surface area contributed by atoms with Crippen molar-refractivity contribution in [2.45, 2.75) is 20.1 Å². The van der Waals surface area contributed by atoms with E-state index in [-0.39, 0.29) is 5.91 Å². The molecule has 7 nitrogen and oxygen atoms in total. The lowest BCUT2D eigenvalue weighted by molar-refractivity contribution is -0.114. The highest BCUT2D eigenvalue weighted by atomic mass is 16.6. The van der Waals surface area contributed by atoms with Gasteiger partial charge in [0.2, 0.25) is 5.91 Å². The summed E-state index contributed by atoms with van der Waals surface area (Å²) in [6, 6.07) is 5.15. The molecule has 0 aliphatic heterocycles. The molecule has 1 rings (SSSR count). The molecule has 1 unspecified atom stereocenters. The minimum atomic E-state index is -0.554. The smallest absolute Gasteiger partial charge is 0.411 e. The van der Waals surface area contributed by atoms with E-state index in [9.17, 15) is 9.59 Å². The molecule has 0 bridgehead atoms. The average molecular weight is 295 g/mol. The third-order valence-electron chi connectivity index (χ3n) is 2.52. The van der Waals surface area contributed by atoms with Gasteiger partial charge < -0.3 is 25.0 Å². The van der Waals surface area contributed by atoms with Gasteiger partial charge in [-0.05, 0) is 25.1 Å². The fourth-order valence-corrected chi connectivity index (χ4v) is 1.61. The van der Waals surface area contributed by atoms with E-state index in [1.165, 1.54) is 18.9 Å². The molecule has 2 N–H and O–H groups in total. The number of nitrogens with zero attached hydrogens (tertiary/aromatic N) is 1. The summed E-state index contributed by atoms with van der Waals surface area (Å²) in [5.74, 6) is 0.412. The van der Waals surface area contributed by atoms with E-state index in [0.29, 0.717) is 17.1 Å². The Kier molecular flexibility index (Phi) is 5.83. The molecule has 0 aliphatic carbocycles. The van der Waals surface area contributed by atoms with Crippen LogP contribution in [-0.2, 0) is 9.53 Å². The van der Waals surface area contributed by atoms with Crippen LogP contribution >= 0.6 is 0 Å². The summed E-state index contributed by atoms with van der Waals surface area (Å²) in [6.07, 6.45) is -1.01. The van der Waals surface area contributed by atoms with Crippen LogP contribution in [0.2, 0.25) is 0 Å². The highest BCUT2D eigenvalue weighted by molar-refractivity contribution is 5.89. The average Bonchev–Trinajstić information content (AvgIpc) is 2.38. The number of anilines is 2. The number of carbonyl (C=O) groups excluding carboxylic acids is 2. The molecular formula is C14H21N3O4. The minimum absolute atomic E-state index is 0.168. The molecule has 7 heteroatoms. The number of benzene rings is 1. The molecule has 0 heterocycles. The summed E-state index contributed by atoms with van der Waals surface area (Å²) < 4.78 is 10.4. The molecule has 116 valence electrons. The quantitative estimate of drug-likeness (QED) is 0.813. The normalized spacial score (nSPS) is 11.3. The zero-order valence-corrected chi connectivity index (χ0v) is 12.9. The molecule has 0 spiro atoms. The molecular weight excluding hydrogens is 274 g/mol. The fraction of sp³-hybridized carbons (Fsp3) is 0.429. The Morgan fingerprint density at radius 1 is 1.29 bits per heavy atom. The van der Waals surface area contributed by atoms with Crippen LogP contribution in [0.25, 0.3) is 0 Å². The molecule has 0 aliphatic rings. The Hall–Kier alpha value is -2.44. The highest BCUT2D eigenvalue weighted by Gasteiger charge is 2.13. The molecule has 0 fully saturated rings. The Balaban J connectivity index is 2.84. The predicted molar refractivity (Wildman–Crippen MR) is 80.6 cm³/mol. The second-order valence-electron chi connectivity index (χ2n) is 4.66. The predicted octanol–water partition coefficient (Wildman–Crippen LogP) is 2.11. The molecule has 1 aromatic carbocycles. The summed E-state index contributed by atoms with van der Waals surface area (Å²) in [7, 11) is 4.75. The third kappa shape index (κ3) is 5.21. The van der Waals surface area contributed by atoms with Crippen LogP contribution in [-0.4, -0.2) is 44.3 Å². The van der Waals surface area contributed by atoms with Gasteiger partial charge in [-0.3, -0.25) is 4.79 Å². The number of amides is 2. The lowest BCUT2D eigenvalue weighted by Gasteiger charge is -2.20. The van der Waals surface area contributed by atoms with Gasteiger partial charge in [-0.2, -0.15) is 0 Å². The first-order chi connectivity index (χ1) is 9.83. The fourth-order valence-electron chi connectivity index (χ4n) is 1.61. The lowest BCUT2D eigenvalue weighted by Crippen LogP contribution is -2.30. The summed E-state index contributed by atoms with van der Waals surface area (Å²) in [5, 5.41) is 5.69. The molecule has 0 saturated carbocycles. The van der Waals surface area contributed by atoms with E-state index in [1.54, 1.807) is 39.2 Å². The van der Waals surface area contributed by atoms with Gasteiger partial charge in [0, 0.05) is 26.7 Å². The maximum atomic E-state index is 11.5. The van der Waals surface area contributed by atoms with Crippen LogP contribution in [0.4, 0.5) is 16.2 Å². The van der Waals surface area contributed by atoms with Crippen molar-refractivity contribution in [3.8, 4) is 5.75 Å². The Morgan fingerprint density at radius 3 is 2.48 bits per heavy atom. The molecule has 21 heavy (non-hydrogen) atoms. The van der Waals surface area contributed by atoms with Gasteiger partial charge >= 0.3 is 6.09 Å². The molecule has 1 atom stereocenters. The SMILES string of the molecule is COc1ccc(NC(C)=O)cc1NC(C)OC(=O)N(C)C. The minimum Gasteiger partial charge on any atom is -0.495 e. The summed E-state index contributed by atoms with van der Waals surface area (Å²) >= 11 is 0. The number of nitrogens with one attached hydrogen (secondary N) is 2. The molecule has 1 aromatic rings. The zero-order chi connectivity index (χ0) is 16.0. The van der Waals surface area contributed by atoms with Crippen molar-refractivity contribution < 1.29 is 19.1 Å². The van der Waals surface area contributed by atoms with Crippen LogP contribution in [0.3, 0.4) is 0 Å². The van der Waals surface area contributed by atoms with Crippen molar-refractivity contribution >= 4 is 23.4 Å². The van der Waals surface area contributed by atoms with E-state index in [1.807, 2.05) is 0 Å².